The molecule has 2 aliphatic rings. The minimum Gasteiger partial charge on any atom is -0.336 e. The molecule has 1 amide bonds. The number of thiophene rings is 1. The summed E-state index contributed by atoms with van der Waals surface area (Å²) in [6.45, 7) is 1.38. The van der Waals surface area contributed by atoms with E-state index in [1.807, 2.05) is 23.1 Å². The van der Waals surface area contributed by atoms with Gasteiger partial charge >= 0.3 is 0 Å². The summed E-state index contributed by atoms with van der Waals surface area (Å²) in [4.78, 5) is 17.2. The Bertz CT molecular complexity index is 707. The Morgan fingerprint density at radius 2 is 1.84 bits per heavy atom. The Kier molecular flexibility index (Phi) is 5.82. The Hall–Kier alpha value is -1.36. The third-order valence-corrected chi connectivity index (χ3v) is 6.56. The van der Waals surface area contributed by atoms with Crippen LogP contribution in [0.5, 0.6) is 0 Å². The van der Waals surface area contributed by atoms with E-state index in [0.717, 1.165) is 24.3 Å². The van der Waals surface area contributed by atoms with Crippen molar-refractivity contribution >= 4 is 29.7 Å². The van der Waals surface area contributed by atoms with Crippen LogP contribution in [0.3, 0.4) is 0 Å². The molecule has 1 aromatic carbocycles. The number of nitrogens with two attached hydrogens (primary N) is 1. The van der Waals surface area contributed by atoms with E-state index in [1.165, 1.54) is 35.3 Å². The SMILES string of the molecule is Cl.N[C@@H]1CN(C(=O)c2cc3c(s2)CCCCC3)C[C@H]1c1ccccc1. The zero-order valence-corrected chi connectivity index (χ0v) is 16.0. The summed E-state index contributed by atoms with van der Waals surface area (Å²) in [5, 5.41) is 0. The van der Waals surface area contributed by atoms with E-state index >= 15 is 0 Å². The van der Waals surface area contributed by atoms with Crippen molar-refractivity contribution in [3.63, 3.8) is 0 Å². The van der Waals surface area contributed by atoms with Crippen molar-refractivity contribution in [2.45, 2.75) is 44.1 Å². The Labute approximate surface area is 159 Å². The van der Waals surface area contributed by atoms with Crippen molar-refractivity contribution in [1.82, 2.24) is 4.90 Å². The summed E-state index contributed by atoms with van der Waals surface area (Å²) in [7, 11) is 0. The van der Waals surface area contributed by atoms with E-state index in [-0.39, 0.29) is 30.3 Å². The molecule has 2 N–H and O–H groups in total. The molecule has 1 aliphatic heterocycles. The lowest BCUT2D eigenvalue weighted by atomic mass is 9.95. The van der Waals surface area contributed by atoms with Crippen LogP contribution in [0.2, 0.25) is 0 Å². The van der Waals surface area contributed by atoms with Gasteiger partial charge in [0, 0.05) is 29.9 Å². The van der Waals surface area contributed by atoms with Crippen LogP contribution in [0.25, 0.3) is 0 Å². The van der Waals surface area contributed by atoms with Gasteiger partial charge in [0.05, 0.1) is 4.88 Å². The molecule has 1 saturated heterocycles. The lowest BCUT2D eigenvalue weighted by Gasteiger charge is -2.15. The van der Waals surface area contributed by atoms with Crippen molar-refractivity contribution in [3.8, 4) is 0 Å². The molecule has 0 unspecified atom stereocenters. The first-order valence-corrected chi connectivity index (χ1v) is 9.75. The fourth-order valence-electron chi connectivity index (χ4n) is 3.98. The second-order valence-electron chi connectivity index (χ2n) is 7.01. The van der Waals surface area contributed by atoms with Crippen LogP contribution in [0.15, 0.2) is 36.4 Å². The molecule has 5 heteroatoms. The normalized spacial score (nSPS) is 22.8. The standard InChI is InChI=1S/C20H24N2OS.ClH/c21-17-13-22(12-16(17)14-7-3-1-4-8-14)20(23)19-11-15-9-5-2-6-10-18(15)24-19;/h1,3-4,7-8,11,16-17H,2,5-6,9-10,12-13,21H2;1H/t16-,17+;/m0./s1. The summed E-state index contributed by atoms with van der Waals surface area (Å²) in [6, 6.07) is 12.5. The van der Waals surface area contributed by atoms with Crippen LogP contribution < -0.4 is 5.73 Å². The number of rotatable bonds is 2. The Morgan fingerprint density at radius 1 is 1.08 bits per heavy atom. The number of hydrogen-bond acceptors (Lipinski definition) is 3. The van der Waals surface area contributed by atoms with E-state index in [1.54, 1.807) is 11.3 Å². The lowest BCUT2D eigenvalue weighted by molar-refractivity contribution is 0.0794. The van der Waals surface area contributed by atoms with Gasteiger partial charge in [-0.2, -0.15) is 0 Å². The number of amides is 1. The van der Waals surface area contributed by atoms with Crippen molar-refractivity contribution in [3.05, 3.63) is 57.3 Å². The molecule has 0 saturated carbocycles. The van der Waals surface area contributed by atoms with Gasteiger partial charge in [-0.25, -0.2) is 0 Å². The summed E-state index contributed by atoms with van der Waals surface area (Å²) in [6.07, 6.45) is 6.09. The number of halogens is 1. The van der Waals surface area contributed by atoms with Crippen molar-refractivity contribution < 1.29 is 4.79 Å². The first-order chi connectivity index (χ1) is 11.7. The number of hydrogen-bond donors (Lipinski definition) is 1. The highest BCUT2D eigenvalue weighted by molar-refractivity contribution is 7.14. The summed E-state index contributed by atoms with van der Waals surface area (Å²) >= 11 is 1.71. The molecule has 4 rings (SSSR count). The minimum absolute atomic E-state index is 0. The molecule has 1 fully saturated rings. The van der Waals surface area contributed by atoms with E-state index in [0.29, 0.717) is 6.54 Å². The van der Waals surface area contributed by atoms with Crippen molar-refractivity contribution in [1.29, 1.82) is 0 Å². The van der Waals surface area contributed by atoms with E-state index < -0.39 is 0 Å². The topological polar surface area (TPSA) is 46.3 Å². The molecule has 1 aromatic heterocycles. The predicted molar refractivity (Wildman–Crippen MR) is 106 cm³/mol. The predicted octanol–water partition coefficient (Wildman–Crippen LogP) is 4.01. The van der Waals surface area contributed by atoms with Gasteiger partial charge < -0.3 is 10.6 Å². The molecular formula is C20H25ClN2OS. The third-order valence-electron chi connectivity index (χ3n) is 5.34. The number of nitrogens with zero attached hydrogens (tertiary/aromatic N) is 1. The van der Waals surface area contributed by atoms with E-state index in [4.69, 9.17) is 5.73 Å². The molecule has 0 spiro atoms. The van der Waals surface area contributed by atoms with Crippen LogP contribution in [0.4, 0.5) is 0 Å². The first kappa shape index (κ1) is 18.4. The van der Waals surface area contributed by atoms with Gasteiger partial charge in [0.25, 0.3) is 5.91 Å². The van der Waals surface area contributed by atoms with Crippen molar-refractivity contribution in [2.24, 2.45) is 5.73 Å². The molecule has 2 atom stereocenters. The zero-order chi connectivity index (χ0) is 16.5. The number of benzene rings is 1. The zero-order valence-electron chi connectivity index (χ0n) is 14.3. The minimum atomic E-state index is 0. The van der Waals surface area contributed by atoms with Crippen LogP contribution in [-0.4, -0.2) is 29.9 Å². The van der Waals surface area contributed by atoms with Gasteiger partial charge in [-0.05, 0) is 42.9 Å². The van der Waals surface area contributed by atoms with Gasteiger partial charge in [-0.1, -0.05) is 36.8 Å². The Balaban J connectivity index is 0.00000182. The fraction of sp³-hybridized carbons (Fsp3) is 0.450. The second kappa shape index (κ2) is 7.90. The fourth-order valence-corrected chi connectivity index (χ4v) is 5.20. The van der Waals surface area contributed by atoms with Gasteiger partial charge in [0.2, 0.25) is 0 Å². The molecule has 2 heterocycles. The second-order valence-corrected chi connectivity index (χ2v) is 8.15. The largest absolute Gasteiger partial charge is 0.336 e. The van der Waals surface area contributed by atoms with Crippen LogP contribution in [0, 0.1) is 0 Å². The number of aryl methyl sites for hydroxylation is 2. The van der Waals surface area contributed by atoms with Crippen LogP contribution in [0.1, 0.15) is 50.9 Å². The molecule has 1 aliphatic carbocycles. The van der Waals surface area contributed by atoms with Gasteiger partial charge in [-0.3, -0.25) is 4.79 Å². The molecule has 134 valence electrons. The first-order valence-electron chi connectivity index (χ1n) is 8.94. The summed E-state index contributed by atoms with van der Waals surface area (Å²) in [5.74, 6) is 0.412. The molecule has 0 radical (unpaired) electrons. The monoisotopic (exact) mass is 376 g/mol. The number of carbonyl (C=O) groups excluding carboxylic acids is 1. The summed E-state index contributed by atoms with van der Waals surface area (Å²) in [5.41, 5.74) is 8.99. The maximum absolute atomic E-state index is 13.0. The third kappa shape index (κ3) is 3.76. The van der Waals surface area contributed by atoms with Gasteiger partial charge in [0.1, 0.15) is 0 Å². The highest BCUT2D eigenvalue weighted by Crippen LogP contribution is 2.32. The Morgan fingerprint density at radius 3 is 2.64 bits per heavy atom. The summed E-state index contributed by atoms with van der Waals surface area (Å²) < 4.78 is 0. The highest BCUT2D eigenvalue weighted by Gasteiger charge is 2.34. The average molecular weight is 377 g/mol. The smallest absolute Gasteiger partial charge is 0.264 e. The van der Waals surface area contributed by atoms with Gasteiger partial charge in [-0.15, -0.1) is 23.7 Å². The number of carbonyl (C=O) groups is 1. The van der Waals surface area contributed by atoms with E-state index in [2.05, 4.69) is 18.2 Å². The molecule has 25 heavy (non-hydrogen) atoms. The number of likely N-dealkylation sites (tertiary alicyclic amines) is 1. The van der Waals surface area contributed by atoms with Gasteiger partial charge in [0.15, 0.2) is 0 Å². The lowest BCUT2D eigenvalue weighted by Crippen LogP contribution is -2.31. The highest BCUT2D eigenvalue weighted by atomic mass is 35.5. The molecule has 0 bridgehead atoms. The number of fused-ring (bicyclic) bond motifs is 1. The quantitative estimate of drug-likeness (QED) is 0.805. The molecular weight excluding hydrogens is 352 g/mol. The van der Waals surface area contributed by atoms with Crippen LogP contribution >= 0.6 is 23.7 Å². The van der Waals surface area contributed by atoms with Crippen LogP contribution in [-0.2, 0) is 12.8 Å². The van der Waals surface area contributed by atoms with E-state index in [9.17, 15) is 4.79 Å². The molecule has 3 nitrogen and oxygen atoms in total. The maximum Gasteiger partial charge on any atom is 0.264 e. The maximum atomic E-state index is 13.0. The molecule has 2 aromatic rings. The van der Waals surface area contributed by atoms with Crippen molar-refractivity contribution in [2.75, 3.05) is 13.1 Å². The average Bonchev–Trinajstić information content (AvgIpc) is 3.12.